The van der Waals surface area contributed by atoms with Gasteiger partial charge in [0.05, 0.1) is 11.9 Å². The second-order valence-electron chi connectivity index (χ2n) is 8.82. The molecule has 0 radical (unpaired) electrons. The van der Waals surface area contributed by atoms with E-state index < -0.39 is 0 Å². The Hall–Kier alpha value is -3.95. The molecule has 3 N–H and O–H groups in total. The van der Waals surface area contributed by atoms with Crippen molar-refractivity contribution in [3.05, 3.63) is 65.9 Å². The molecule has 1 aliphatic heterocycles. The second kappa shape index (κ2) is 9.73. The summed E-state index contributed by atoms with van der Waals surface area (Å²) in [4.78, 5) is 23.9. The standard InChI is InChI=1S/C26H27N7O2/c1-28-13-16-3-5-19(6-4-16)25-31-32-26(35-25)22-24(27)29-14-21(30-22)17-7-9-18(10-8-17)23(34)20-11-12-33(2)15-20/h3-10,14,20,28H,11-13,15H2,1-2H3,(H2,27,29). The number of aromatic nitrogens is 4. The number of nitrogen functional groups attached to an aromatic ring is 1. The number of hydrogen-bond acceptors (Lipinski definition) is 9. The summed E-state index contributed by atoms with van der Waals surface area (Å²) < 4.78 is 5.87. The maximum atomic E-state index is 12.8. The van der Waals surface area contributed by atoms with E-state index in [1.807, 2.05) is 62.6 Å². The Morgan fingerprint density at radius 3 is 2.49 bits per heavy atom. The van der Waals surface area contributed by atoms with Crippen molar-refractivity contribution in [2.24, 2.45) is 5.92 Å². The molecule has 0 aliphatic carbocycles. The zero-order chi connectivity index (χ0) is 24.4. The van der Waals surface area contributed by atoms with Crippen molar-refractivity contribution < 1.29 is 9.21 Å². The lowest BCUT2D eigenvalue weighted by molar-refractivity contribution is 0.0924. The summed E-state index contributed by atoms with van der Waals surface area (Å²) in [6.07, 6.45) is 2.50. The van der Waals surface area contributed by atoms with E-state index in [0.717, 1.165) is 42.7 Å². The first-order chi connectivity index (χ1) is 17.0. The van der Waals surface area contributed by atoms with Gasteiger partial charge in [-0.3, -0.25) is 4.79 Å². The third-order valence-corrected chi connectivity index (χ3v) is 6.24. The number of anilines is 1. The molecular formula is C26H27N7O2. The summed E-state index contributed by atoms with van der Waals surface area (Å²) in [5.74, 6) is 1.01. The van der Waals surface area contributed by atoms with E-state index in [-0.39, 0.29) is 23.4 Å². The maximum Gasteiger partial charge on any atom is 0.270 e. The van der Waals surface area contributed by atoms with Crippen molar-refractivity contribution >= 4 is 11.6 Å². The lowest BCUT2D eigenvalue weighted by atomic mass is 9.96. The summed E-state index contributed by atoms with van der Waals surface area (Å²) in [5.41, 5.74) is 10.5. The van der Waals surface area contributed by atoms with Crippen LogP contribution in [0.15, 0.2) is 59.1 Å². The van der Waals surface area contributed by atoms with E-state index in [0.29, 0.717) is 22.8 Å². The van der Waals surface area contributed by atoms with Gasteiger partial charge in [-0.05, 0) is 44.8 Å². The van der Waals surface area contributed by atoms with Crippen LogP contribution in [0.4, 0.5) is 5.82 Å². The van der Waals surface area contributed by atoms with E-state index in [1.54, 1.807) is 6.20 Å². The monoisotopic (exact) mass is 469 g/mol. The summed E-state index contributed by atoms with van der Waals surface area (Å²) >= 11 is 0. The molecule has 2 aromatic carbocycles. The zero-order valence-corrected chi connectivity index (χ0v) is 19.7. The van der Waals surface area contributed by atoms with Crippen molar-refractivity contribution in [1.29, 1.82) is 0 Å². The van der Waals surface area contributed by atoms with Gasteiger partial charge < -0.3 is 20.4 Å². The van der Waals surface area contributed by atoms with Gasteiger partial charge in [0, 0.05) is 35.7 Å². The molecule has 178 valence electrons. The quantitative estimate of drug-likeness (QED) is 0.392. The van der Waals surface area contributed by atoms with Gasteiger partial charge in [-0.1, -0.05) is 36.4 Å². The lowest BCUT2D eigenvalue weighted by Crippen LogP contribution is -2.19. The molecule has 9 nitrogen and oxygen atoms in total. The maximum absolute atomic E-state index is 12.8. The number of benzene rings is 2. The number of nitrogens with zero attached hydrogens (tertiary/aromatic N) is 5. The fourth-order valence-corrected chi connectivity index (χ4v) is 4.29. The Kier molecular flexibility index (Phi) is 6.35. The van der Waals surface area contributed by atoms with Crippen LogP contribution in [0.25, 0.3) is 34.3 Å². The minimum Gasteiger partial charge on any atom is -0.414 e. The van der Waals surface area contributed by atoms with Crippen LogP contribution in [0.1, 0.15) is 22.3 Å². The van der Waals surface area contributed by atoms with Crippen molar-refractivity contribution in [3.63, 3.8) is 0 Å². The van der Waals surface area contributed by atoms with Gasteiger partial charge in [0.2, 0.25) is 5.89 Å². The third kappa shape index (κ3) is 4.82. The van der Waals surface area contributed by atoms with Gasteiger partial charge in [0.1, 0.15) is 0 Å². The number of carbonyl (C=O) groups excluding carboxylic acids is 1. The SMILES string of the molecule is CNCc1ccc(-c2nnc(-c3nc(-c4ccc(C(=O)C5CCN(C)C5)cc4)cnc3N)o2)cc1. The van der Waals surface area contributed by atoms with E-state index in [9.17, 15) is 4.79 Å². The molecule has 1 aliphatic rings. The van der Waals surface area contributed by atoms with Crippen molar-refractivity contribution in [3.8, 4) is 34.3 Å². The van der Waals surface area contributed by atoms with E-state index in [1.165, 1.54) is 0 Å². The number of ketones is 1. The molecule has 2 aromatic heterocycles. The van der Waals surface area contributed by atoms with Crippen LogP contribution in [0, 0.1) is 5.92 Å². The average molecular weight is 470 g/mol. The first kappa shape index (κ1) is 22.8. The second-order valence-corrected chi connectivity index (χ2v) is 8.82. The van der Waals surface area contributed by atoms with Crippen molar-refractivity contribution in [2.45, 2.75) is 13.0 Å². The number of likely N-dealkylation sites (tertiary alicyclic amines) is 1. The number of carbonyl (C=O) groups is 1. The molecule has 5 rings (SSSR count). The van der Waals surface area contributed by atoms with Gasteiger partial charge >= 0.3 is 0 Å². The fourth-order valence-electron chi connectivity index (χ4n) is 4.29. The highest BCUT2D eigenvalue weighted by molar-refractivity contribution is 5.98. The Balaban J connectivity index is 1.37. The molecule has 0 spiro atoms. The molecule has 1 fully saturated rings. The van der Waals surface area contributed by atoms with E-state index in [4.69, 9.17) is 10.2 Å². The van der Waals surface area contributed by atoms with Gasteiger partial charge in [-0.25, -0.2) is 9.97 Å². The van der Waals surface area contributed by atoms with Gasteiger partial charge in [0.15, 0.2) is 17.3 Å². The Labute approximate surface area is 203 Å². The molecule has 1 atom stereocenters. The highest BCUT2D eigenvalue weighted by atomic mass is 16.4. The molecule has 3 heterocycles. The molecular weight excluding hydrogens is 442 g/mol. The van der Waals surface area contributed by atoms with Crippen LogP contribution in [0.5, 0.6) is 0 Å². The molecule has 35 heavy (non-hydrogen) atoms. The lowest BCUT2D eigenvalue weighted by Gasteiger charge is -2.10. The molecule has 9 heteroatoms. The Morgan fingerprint density at radius 2 is 1.80 bits per heavy atom. The summed E-state index contributed by atoms with van der Waals surface area (Å²) in [6.45, 7) is 2.54. The minimum absolute atomic E-state index is 0.0556. The predicted molar refractivity (Wildman–Crippen MR) is 133 cm³/mol. The smallest absolute Gasteiger partial charge is 0.270 e. The topological polar surface area (TPSA) is 123 Å². The summed E-state index contributed by atoms with van der Waals surface area (Å²) in [6, 6.07) is 15.3. The van der Waals surface area contributed by atoms with Crippen LogP contribution in [0.2, 0.25) is 0 Å². The first-order valence-corrected chi connectivity index (χ1v) is 11.6. The van der Waals surface area contributed by atoms with E-state index >= 15 is 0 Å². The van der Waals surface area contributed by atoms with Crippen LogP contribution < -0.4 is 11.1 Å². The van der Waals surface area contributed by atoms with Gasteiger partial charge in [0.25, 0.3) is 5.89 Å². The number of Topliss-reactive ketones (excluding diaryl/α,β-unsaturated/α-hetero) is 1. The fraction of sp³-hybridized carbons (Fsp3) is 0.269. The number of nitrogens with one attached hydrogen (secondary N) is 1. The molecule has 0 saturated carbocycles. The summed E-state index contributed by atoms with van der Waals surface area (Å²) in [7, 11) is 3.95. The van der Waals surface area contributed by atoms with Crippen molar-refractivity contribution in [1.82, 2.24) is 30.4 Å². The van der Waals surface area contributed by atoms with Crippen LogP contribution in [0.3, 0.4) is 0 Å². The average Bonchev–Trinajstić information content (AvgIpc) is 3.54. The van der Waals surface area contributed by atoms with E-state index in [2.05, 4.69) is 30.4 Å². The first-order valence-electron chi connectivity index (χ1n) is 11.6. The number of rotatable bonds is 7. The van der Waals surface area contributed by atoms with Gasteiger partial charge in [-0.15, -0.1) is 10.2 Å². The third-order valence-electron chi connectivity index (χ3n) is 6.24. The van der Waals surface area contributed by atoms with Crippen LogP contribution in [-0.2, 0) is 6.54 Å². The number of hydrogen-bond donors (Lipinski definition) is 2. The normalized spacial score (nSPS) is 16.0. The Morgan fingerprint density at radius 1 is 1.09 bits per heavy atom. The largest absolute Gasteiger partial charge is 0.414 e. The molecule has 1 unspecified atom stereocenters. The van der Waals surface area contributed by atoms with Crippen LogP contribution >= 0.6 is 0 Å². The molecule has 0 amide bonds. The minimum atomic E-state index is 0.0556. The Bertz CT molecular complexity index is 1330. The van der Waals surface area contributed by atoms with Crippen LogP contribution in [-0.4, -0.2) is 58.0 Å². The predicted octanol–water partition coefficient (Wildman–Crippen LogP) is 3.30. The zero-order valence-electron chi connectivity index (χ0n) is 19.7. The molecule has 0 bridgehead atoms. The highest BCUT2D eigenvalue weighted by Crippen LogP contribution is 2.28. The molecule has 4 aromatic rings. The highest BCUT2D eigenvalue weighted by Gasteiger charge is 2.27. The summed E-state index contributed by atoms with van der Waals surface area (Å²) in [5, 5.41) is 11.4. The van der Waals surface area contributed by atoms with Crippen molar-refractivity contribution in [2.75, 3.05) is 32.9 Å². The molecule has 1 saturated heterocycles. The number of nitrogens with two attached hydrogens (primary N) is 1. The van der Waals surface area contributed by atoms with Gasteiger partial charge in [-0.2, -0.15) is 0 Å².